The van der Waals surface area contributed by atoms with Crippen LogP contribution in [0.4, 0.5) is 9.18 Å². The molecular weight excluding hydrogens is 585 g/mol. The first-order chi connectivity index (χ1) is 21.7. The molecule has 0 bridgehead atoms. The van der Waals surface area contributed by atoms with Crippen LogP contribution in [0.25, 0.3) is 0 Å². The largest absolute Gasteiger partial charge is 0.487 e. The van der Waals surface area contributed by atoms with E-state index in [4.69, 9.17) is 19.8 Å². The fraction of sp³-hybridized carbons (Fsp3) is 0.500. The van der Waals surface area contributed by atoms with Crippen molar-refractivity contribution < 1.29 is 38.1 Å². The molecule has 0 aliphatic carbocycles. The van der Waals surface area contributed by atoms with E-state index in [0.717, 1.165) is 12.8 Å². The monoisotopic (exact) mass is 623 g/mol. The van der Waals surface area contributed by atoms with Gasteiger partial charge in [0.1, 0.15) is 24.2 Å². The summed E-state index contributed by atoms with van der Waals surface area (Å²) in [6.45, 7) is 1.85. The molecule has 2 aromatic rings. The van der Waals surface area contributed by atoms with Gasteiger partial charge in [0.05, 0.1) is 37.3 Å². The molecular formula is C32H38FN5O7. The van der Waals surface area contributed by atoms with Gasteiger partial charge in [0.15, 0.2) is 0 Å². The molecule has 13 heteroatoms. The Morgan fingerprint density at radius 1 is 1.13 bits per heavy atom. The number of rotatable bonds is 11. The topological polar surface area (TPSA) is 162 Å². The zero-order valence-corrected chi connectivity index (χ0v) is 25.2. The number of amides is 3. The van der Waals surface area contributed by atoms with Gasteiger partial charge in [0, 0.05) is 38.8 Å². The van der Waals surface area contributed by atoms with Crippen molar-refractivity contribution in [1.29, 1.82) is 5.26 Å². The van der Waals surface area contributed by atoms with Crippen LogP contribution in [0.1, 0.15) is 67.7 Å². The number of carboxylic acid groups (broad SMARTS) is 1. The number of nitrogens with zero attached hydrogens (tertiary/aromatic N) is 4. The van der Waals surface area contributed by atoms with Crippen LogP contribution in [-0.2, 0) is 25.7 Å². The van der Waals surface area contributed by atoms with Crippen molar-refractivity contribution in [2.75, 3.05) is 33.3 Å². The molecule has 0 spiro atoms. The second-order valence-electron chi connectivity index (χ2n) is 11.4. The van der Waals surface area contributed by atoms with Crippen molar-refractivity contribution >= 4 is 23.9 Å². The number of methoxy groups -OCH3 is 1. The Bertz CT molecular complexity index is 1420. The lowest BCUT2D eigenvalue weighted by Crippen LogP contribution is -2.46. The second kappa shape index (κ2) is 15.8. The molecule has 2 aliphatic rings. The summed E-state index contributed by atoms with van der Waals surface area (Å²) in [4.78, 5) is 57.2. The van der Waals surface area contributed by atoms with E-state index in [1.165, 1.54) is 42.6 Å². The van der Waals surface area contributed by atoms with Crippen LogP contribution in [0.2, 0.25) is 0 Å². The maximum Gasteiger partial charge on any atom is 0.407 e. The molecule has 2 aliphatic heterocycles. The van der Waals surface area contributed by atoms with Gasteiger partial charge in [-0.2, -0.15) is 5.26 Å². The van der Waals surface area contributed by atoms with Crippen molar-refractivity contribution in [3.05, 3.63) is 59.2 Å². The first-order valence-corrected chi connectivity index (χ1v) is 15.1. The number of hydrogen-bond donors (Lipinski definition) is 2. The molecule has 12 nitrogen and oxygen atoms in total. The molecule has 2 saturated heterocycles. The Morgan fingerprint density at radius 3 is 2.62 bits per heavy atom. The number of halogens is 1. The number of hydrogen-bond acceptors (Lipinski definition) is 8. The number of pyridine rings is 1. The van der Waals surface area contributed by atoms with Gasteiger partial charge in [0.25, 0.3) is 0 Å². The van der Waals surface area contributed by atoms with Crippen LogP contribution in [0, 0.1) is 29.0 Å². The lowest BCUT2D eigenvalue weighted by molar-refractivity contribution is -0.141. The minimum absolute atomic E-state index is 0.0173. The molecule has 0 saturated carbocycles. The predicted molar refractivity (Wildman–Crippen MR) is 158 cm³/mol. The number of carbonyl (C=O) groups excluding carboxylic acids is 3. The highest BCUT2D eigenvalue weighted by Crippen LogP contribution is 2.26. The van der Waals surface area contributed by atoms with Crippen molar-refractivity contribution in [3.8, 4) is 11.8 Å². The van der Waals surface area contributed by atoms with Crippen molar-refractivity contribution in [3.63, 3.8) is 0 Å². The summed E-state index contributed by atoms with van der Waals surface area (Å²) in [5.74, 6) is -1.26. The Kier molecular flexibility index (Phi) is 11.7. The zero-order valence-electron chi connectivity index (χ0n) is 25.2. The maximum atomic E-state index is 13.7. The molecule has 45 heavy (non-hydrogen) atoms. The third-order valence-electron chi connectivity index (χ3n) is 8.40. The first-order valence-electron chi connectivity index (χ1n) is 15.1. The van der Waals surface area contributed by atoms with Gasteiger partial charge in [-0.15, -0.1) is 0 Å². The number of nitriles is 1. The summed E-state index contributed by atoms with van der Waals surface area (Å²) in [5, 5.41) is 21.2. The lowest BCUT2D eigenvalue weighted by Gasteiger charge is -2.34. The van der Waals surface area contributed by atoms with Crippen LogP contribution < -0.4 is 10.1 Å². The number of benzene rings is 1. The molecule has 4 rings (SSSR count). The third-order valence-corrected chi connectivity index (χ3v) is 8.40. The van der Waals surface area contributed by atoms with Crippen LogP contribution in [0.3, 0.4) is 0 Å². The second-order valence-corrected chi connectivity index (χ2v) is 11.4. The van der Waals surface area contributed by atoms with Gasteiger partial charge in [-0.05, 0) is 67.3 Å². The van der Waals surface area contributed by atoms with Gasteiger partial charge in [-0.3, -0.25) is 19.4 Å². The molecule has 1 aromatic heterocycles. The number of carbonyl (C=O) groups is 4. The zero-order chi connectivity index (χ0) is 32.3. The minimum atomic E-state index is -0.911. The number of piperidine rings is 2. The Balaban J connectivity index is 1.34. The predicted octanol–water partition coefficient (Wildman–Crippen LogP) is 3.80. The molecule has 2 N–H and O–H groups in total. The molecule has 0 radical (unpaired) electrons. The molecule has 2 atom stereocenters. The molecule has 2 fully saturated rings. The molecule has 0 unspecified atom stereocenters. The van der Waals surface area contributed by atoms with Crippen LogP contribution in [0.15, 0.2) is 36.7 Å². The summed E-state index contributed by atoms with van der Waals surface area (Å²) < 4.78 is 24.3. The highest BCUT2D eigenvalue weighted by atomic mass is 19.1. The van der Waals surface area contributed by atoms with E-state index < -0.39 is 29.8 Å². The first kappa shape index (κ1) is 33.2. The third kappa shape index (κ3) is 9.38. The van der Waals surface area contributed by atoms with Gasteiger partial charge in [0.2, 0.25) is 11.8 Å². The van der Waals surface area contributed by atoms with E-state index >= 15 is 0 Å². The molecule has 1 aromatic carbocycles. The van der Waals surface area contributed by atoms with E-state index in [1.807, 2.05) is 0 Å². The van der Waals surface area contributed by atoms with Crippen LogP contribution in [-0.4, -0.2) is 77.1 Å². The Labute approximate surface area is 261 Å². The highest BCUT2D eigenvalue weighted by Gasteiger charge is 2.31. The number of likely N-dealkylation sites (tertiary alicyclic amines) is 2. The van der Waals surface area contributed by atoms with Crippen LogP contribution >= 0.6 is 0 Å². The maximum absolute atomic E-state index is 13.7. The van der Waals surface area contributed by atoms with Gasteiger partial charge in [-0.1, -0.05) is 6.07 Å². The van der Waals surface area contributed by atoms with Crippen LogP contribution in [0.5, 0.6) is 5.75 Å². The van der Waals surface area contributed by atoms with Gasteiger partial charge < -0.3 is 29.7 Å². The summed E-state index contributed by atoms with van der Waals surface area (Å²) in [7, 11) is 1.26. The molecule has 3 amide bonds. The van der Waals surface area contributed by atoms with Gasteiger partial charge >= 0.3 is 12.1 Å². The van der Waals surface area contributed by atoms with Crippen molar-refractivity contribution in [2.24, 2.45) is 11.8 Å². The number of aromatic nitrogens is 1. The fourth-order valence-corrected chi connectivity index (χ4v) is 5.73. The standard InChI is InChI=1S/C32H38FN5O7/c1-44-30(40)15-28(25-14-26(18-35-17-25)45-20-22-4-6-27(33)24(13-22)16-34)36-31(41)23-3-2-10-38(19-23)29(39)7-5-21-8-11-37(12-9-21)32(42)43/h4,6,13-14,17-18,21,23,28H,2-3,5,7-12,15,19-20H2,1H3,(H,36,41)(H,42,43)/t23-,28+/m1/s1. The average Bonchev–Trinajstić information content (AvgIpc) is 3.06. The quantitative estimate of drug-likeness (QED) is 0.355. The normalized spacial score (nSPS) is 17.6. The smallest absolute Gasteiger partial charge is 0.407 e. The van der Waals surface area contributed by atoms with E-state index in [0.29, 0.717) is 68.1 Å². The number of ether oxygens (including phenoxy) is 2. The highest BCUT2D eigenvalue weighted by molar-refractivity contribution is 5.82. The average molecular weight is 624 g/mol. The van der Waals surface area contributed by atoms with E-state index in [2.05, 4.69) is 10.3 Å². The Morgan fingerprint density at radius 2 is 1.91 bits per heavy atom. The van der Waals surface area contributed by atoms with E-state index in [1.54, 1.807) is 17.0 Å². The van der Waals surface area contributed by atoms with Crippen molar-refractivity contribution in [2.45, 2.75) is 57.6 Å². The summed E-state index contributed by atoms with van der Waals surface area (Å²) in [6.07, 6.45) is 5.71. The van der Waals surface area contributed by atoms with E-state index in [-0.39, 0.29) is 37.0 Å². The summed E-state index contributed by atoms with van der Waals surface area (Å²) in [6, 6.07) is 6.78. The van der Waals surface area contributed by atoms with E-state index in [9.17, 15) is 23.6 Å². The minimum Gasteiger partial charge on any atom is -0.487 e. The Hall–Kier alpha value is -4.73. The molecule has 240 valence electrons. The number of nitrogens with one attached hydrogen (secondary N) is 1. The lowest BCUT2D eigenvalue weighted by atomic mass is 9.91. The summed E-state index contributed by atoms with van der Waals surface area (Å²) in [5.41, 5.74) is 1.00. The fourth-order valence-electron chi connectivity index (χ4n) is 5.73. The summed E-state index contributed by atoms with van der Waals surface area (Å²) >= 11 is 0. The SMILES string of the molecule is COC(=O)C[C@H](NC(=O)[C@@H]1CCCN(C(=O)CCC2CCN(C(=O)O)CC2)C1)c1cncc(OCc2ccc(F)c(C#N)c2)c1. The van der Waals surface area contributed by atoms with Crippen molar-refractivity contribution in [1.82, 2.24) is 20.1 Å². The van der Waals surface area contributed by atoms with Gasteiger partial charge in [-0.25, -0.2) is 9.18 Å². The number of esters is 1. The molecule has 3 heterocycles.